The second-order valence-corrected chi connectivity index (χ2v) is 7.16. The Balaban J connectivity index is 1.62. The molecular formula is C25H22N4O2. The van der Waals surface area contributed by atoms with Gasteiger partial charge in [0.2, 0.25) is 0 Å². The van der Waals surface area contributed by atoms with E-state index >= 15 is 0 Å². The number of aromatic nitrogens is 3. The van der Waals surface area contributed by atoms with E-state index in [4.69, 9.17) is 5.21 Å². The fraction of sp³-hybridized carbons (Fsp3) is 0.0800. The number of fused-ring (bicyclic) bond motifs is 1. The van der Waals surface area contributed by atoms with Crippen LogP contribution < -0.4 is 5.48 Å². The van der Waals surface area contributed by atoms with E-state index in [1.807, 2.05) is 42.5 Å². The highest BCUT2D eigenvalue weighted by Crippen LogP contribution is 2.21. The van der Waals surface area contributed by atoms with Crippen LogP contribution in [0.1, 0.15) is 22.9 Å². The Bertz CT molecular complexity index is 1230. The van der Waals surface area contributed by atoms with Crippen molar-refractivity contribution in [2.45, 2.75) is 12.5 Å². The first-order valence-electron chi connectivity index (χ1n) is 9.96. The normalized spacial score (nSPS) is 12.5. The van der Waals surface area contributed by atoms with Gasteiger partial charge in [-0.1, -0.05) is 90.2 Å². The first kappa shape index (κ1) is 20.3. The maximum Gasteiger partial charge on any atom is 0.267 e. The maximum atomic E-state index is 11.2. The zero-order valence-electron chi connectivity index (χ0n) is 16.8. The fourth-order valence-electron chi connectivity index (χ4n) is 3.37. The summed E-state index contributed by atoms with van der Waals surface area (Å²) in [6.07, 6.45) is 9.39. The molecule has 1 amide bonds. The quantitative estimate of drug-likeness (QED) is 0.268. The highest BCUT2D eigenvalue weighted by atomic mass is 16.5. The van der Waals surface area contributed by atoms with Gasteiger partial charge in [0.25, 0.3) is 5.91 Å². The summed E-state index contributed by atoms with van der Waals surface area (Å²) in [6, 6.07) is 24.8. The van der Waals surface area contributed by atoms with E-state index in [-0.39, 0.29) is 6.04 Å². The molecule has 0 bridgehead atoms. The first-order chi connectivity index (χ1) is 15.2. The fourth-order valence-corrected chi connectivity index (χ4v) is 3.37. The van der Waals surface area contributed by atoms with Crippen molar-refractivity contribution in [3.8, 4) is 0 Å². The standard InChI is InChI=1S/C25H22N4O2/c30-25(27-31)15-13-23-18-29(28-26-23)24(14-11-19-6-2-1-3-7-19)17-20-10-12-21-8-4-5-9-22(21)16-20/h1-16,18,24,31H,17H2,(H,27,30)/b14-11+,15-13+. The van der Waals surface area contributed by atoms with Crippen molar-refractivity contribution in [2.75, 3.05) is 0 Å². The van der Waals surface area contributed by atoms with Gasteiger partial charge in [-0.25, -0.2) is 10.2 Å². The summed E-state index contributed by atoms with van der Waals surface area (Å²) in [7, 11) is 0. The van der Waals surface area contributed by atoms with Crippen molar-refractivity contribution in [3.63, 3.8) is 0 Å². The number of hydrogen-bond donors (Lipinski definition) is 2. The smallest absolute Gasteiger partial charge is 0.267 e. The average molecular weight is 410 g/mol. The second-order valence-electron chi connectivity index (χ2n) is 7.16. The molecule has 1 unspecified atom stereocenters. The van der Waals surface area contributed by atoms with Crippen molar-refractivity contribution < 1.29 is 10.0 Å². The molecule has 1 atom stereocenters. The number of nitrogens with one attached hydrogen (secondary N) is 1. The van der Waals surface area contributed by atoms with Crippen molar-refractivity contribution in [1.82, 2.24) is 20.5 Å². The van der Waals surface area contributed by atoms with E-state index in [0.717, 1.165) is 12.0 Å². The van der Waals surface area contributed by atoms with E-state index in [0.29, 0.717) is 5.69 Å². The van der Waals surface area contributed by atoms with E-state index in [2.05, 4.69) is 52.8 Å². The molecular weight excluding hydrogens is 388 g/mol. The summed E-state index contributed by atoms with van der Waals surface area (Å²) >= 11 is 0. The molecule has 0 saturated carbocycles. The van der Waals surface area contributed by atoms with Crippen LogP contribution >= 0.6 is 0 Å². The third-order valence-electron chi connectivity index (χ3n) is 4.95. The lowest BCUT2D eigenvalue weighted by molar-refractivity contribution is -0.124. The molecule has 0 aliphatic rings. The Labute approximate surface area is 180 Å². The molecule has 0 spiro atoms. The molecule has 6 nitrogen and oxygen atoms in total. The molecule has 31 heavy (non-hydrogen) atoms. The molecule has 0 aliphatic heterocycles. The minimum atomic E-state index is -0.619. The van der Waals surface area contributed by atoms with Crippen LogP contribution in [-0.2, 0) is 11.2 Å². The minimum absolute atomic E-state index is 0.0670. The van der Waals surface area contributed by atoms with Crippen LogP contribution in [0, 0.1) is 0 Å². The van der Waals surface area contributed by atoms with Gasteiger partial charge in [-0.2, -0.15) is 0 Å². The lowest BCUT2D eigenvalue weighted by atomic mass is 10.0. The first-order valence-corrected chi connectivity index (χ1v) is 9.96. The molecule has 1 heterocycles. The summed E-state index contributed by atoms with van der Waals surface area (Å²) in [5.41, 5.74) is 4.38. The van der Waals surface area contributed by atoms with Crippen LogP contribution in [0.5, 0.6) is 0 Å². The van der Waals surface area contributed by atoms with Gasteiger partial charge in [0.05, 0.1) is 12.2 Å². The van der Waals surface area contributed by atoms with Crippen molar-refractivity contribution >= 4 is 28.8 Å². The van der Waals surface area contributed by atoms with Crippen LogP contribution in [-0.4, -0.2) is 26.1 Å². The molecule has 2 N–H and O–H groups in total. The van der Waals surface area contributed by atoms with Gasteiger partial charge in [-0.3, -0.25) is 10.0 Å². The van der Waals surface area contributed by atoms with Crippen molar-refractivity contribution in [3.05, 3.63) is 108 Å². The van der Waals surface area contributed by atoms with Crippen LogP contribution in [0.25, 0.3) is 22.9 Å². The number of allylic oxidation sites excluding steroid dienone is 1. The largest absolute Gasteiger partial charge is 0.288 e. The molecule has 0 radical (unpaired) electrons. The Morgan fingerprint density at radius 2 is 1.77 bits per heavy atom. The number of hydroxylamine groups is 1. The Morgan fingerprint density at radius 3 is 2.58 bits per heavy atom. The van der Waals surface area contributed by atoms with E-state index in [1.165, 1.54) is 28.5 Å². The molecule has 4 rings (SSSR count). The minimum Gasteiger partial charge on any atom is -0.288 e. The van der Waals surface area contributed by atoms with E-state index < -0.39 is 5.91 Å². The van der Waals surface area contributed by atoms with Crippen molar-refractivity contribution in [2.24, 2.45) is 0 Å². The van der Waals surface area contributed by atoms with Crippen LogP contribution in [0.15, 0.2) is 91.1 Å². The SMILES string of the molecule is O=C(/C=C/c1cn(C(/C=C/c2ccccc2)Cc2ccc3ccccc3c2)nn1)NO. The molecule has 0 saturated heterocycles. The molecule has 6 heteroatoms. The van der Waals surface area contributed by atoms with E-state index in [1.54, 1.807) is 16.4 Å². The molecule has 0 aliphatic carbocycles. The second kappa shape index (κ2) is 9.65. The Hall–Kier alpha value is -4.03. The highest BCUT2D eigenvalue weighted by Gasteiger charge is 2.12. The predicted molar refractivity (Wildman–Crippen MR) is 121 cm³/mol. The third kappa shape index (κ3) is 5.32. The highest BCUT2D eigenvalue weighted by molar-refractivity contribution is 5.90. The lowest BCUT2D eigenvalue weighted by Crippen LogP contribution is -2.14. The molecule has 154 valence electrons. The van der Waals surface area contributed by atoms with Gasteiger partial charge >= 0.3 is 0 Å². The lowest BCUT2D eigenvalue weighted by Gasteiger charge is -2.14. The average Bonchev–Trinajstić information content (AvgIpc) is 3.29. The number of rotatable bonds is 7. The van der Waals surface area contributed by atoms with Crippen LogP contribution in [0.3, 0.4) is 0 Å². The van der Waals surface area contributed by atoms with Gasteiger partial charge in [-0.15, -0.1) is 5.10 Å². The Kier molecular flexibility index (Phi) is 6.30. The number of carbonyl (C=O) groups excluding carboxylic acids is 1. The van der Waals surface area contributed by atoms with Crippen LogP contribution in [0.2, 0.25) is 0 Å². The number of nitrogens with zero attached hydrogens (tertiary/aromatic N) is 3. The maximum absolute atomic E-state index is 11.2. The summed E-state index contributed by atoms with van der Waals surface area (Å²) in [5, 5.41) is 19.4. The van der Waals surface area contributed by atoms with Crippen LogP contribution in [0.4, 0.5) is 0 Å². The number of hydrogen-bond acceptors (Lipinski definition) is 4. The summed E-state index contributed by atoms with van der Waals surface area (Å²) in [5.74, 6) is -0.619. The zero-order valence-corrected chi connectivity index (χ0v) is 16.8. The van der Waals surface area contributed by atoms with Gasteiger partial charge < -0.3 is 0 Å². The predicted octanol–water partition coefficient (Wildman–Crippen LogP) is 4.45. The molecule has 1 aromatic heterocycles. The van der Waals surface area contributed by atoms with Gasteiger partial charge in [0.15, 0.2) is 0 Å². The molecule has 3 aromatic carbocycles. The summed E-state index contributed by atoms with van der Waals surface area (Å²) in [4.78, 5) is 11.2. The number of carbonyl (C=O) groups is 1. The summed E-state index contributed by atoms with van der Waals surface area (Å²) < 4.78 is 1.78. The monoisotopic (exact) mass is 410 g/mol. The number of amides is 1. The van der Waals surface area contributed by atoms with Gasteiger partial charge in [0.1, 0.15) is 5.69 Å². The Morgan fingerprint density at radius 1 is 1.00 bits per heavy atom. The topological polar surface area (TPSA) is 80.0 Å². The number of benzene rings is 3. The van der Waals surface area contributed by atoms with Crippen molar-refractivity contribution in [1.29, 1.82) is 0 Å². The molecule has 4 aromatic rings. The zero-order chi connectivity index (χ0) is 21.5. The van der Waals surface area contributed by atoms with E-state index in [9.17, 15) is 4.79 Å². The molecule has 0 fully saturated rings. The van der Waals surface area contributed by atoms with Gasteiger partial charge in [0, 0.05) is 6.08 Å². The van der Waals surface area contributed by atoms with Gasteiger partial charge in [-0.05, 0) is 34.4 Å². The third-order valence-corrected chi connectivity index (χ3v) is 4.95. The summed E-state index contributed by atoms with van der Waals surface area (Å²) in [6.45, 7) is 0.